The van der Waals surface area contributed by atoms with Crippen molar-refractivity contribution in [3.63, 3.8) is 0 Å². The van der Waals surface area contributed by atoms with Crippen molar-refractivity contribution in [1.82, 2.24) is 20.4 Å². The third kappa shape index (κ3) is 2.13. The lowest BCUT2D eigenvalue weighted by Crippen LogP contribution is -2.26. The number of hydrogen-bond donors (Lipinski definition) is 1. The minimum absolute atomic E-state index is 0.206. The lowest BCUT2D eigenvalue weighted by molar-refractivity contribution is 0.297. The van der Waals surface area contributed by atoms with Crippen LogP contribution in [0.25, 0.3) is 11.4 Å². The molecule has 1 aliphatic heterocycles. The van der Waals surface area contributed by atoms with Crippen LogP contribution in [0.4, 0.5) is 0 Å². The molecular formula is C13H16N4O. The first-order valence-corrected chi connectivity index (χ1v) is 6.32. The van der Waals surface area contributed by atoms with Crippen molar-refractivity contribution in [2.24, 2.45) is 0 Å². The zero-order valence-electron chi connectivity index (χ0n) is 10.4. The fourth-order valence-corrected chi connectivity index (χ4v) is 2.25. The molecule has 0 aromatic carbocycles. The molecule has 2 aromatic rings. The summed E-state index contributed by atoms with van der Waals surface area (Å²) in [7, 11) is 0. The Morgan fingerprint density at radius 2 is 2.33 bits per heavy atom. The quantitative estimate of drug-likeness (QED) is 0.877. The number of pyridine rings is 1. The van der Waals surface area contributed by atoms with Crippen LogP contribution in [0.1, 0.15) is 36.8 Å². The predicted octanol–water partition coefficient (Wildman–Crippen LogP) is 2.25. The van der Waals surface area contributed by atoms with Crippen molar-refractivity contribution in [3.8, 4) is 11.4 Å². The van der Waals surface area contributed by atoms with Gasteiger partial charge in [0.2, 0.25) is 11.7 Å². The molecule has 0 spiro atoms. The van der Waals surface area contributed by atoms with Crippen molar-refractivity contribution in [2.75, 3.05) is 6.54 Å². The van der Waals surface area contributed by atoms with Gasteiger partial charge in [0, 0.05) is 18.0 Å². The number of nitrogens with zero attached hydrogens (tertiary/aromatic N) is 3. The molecule has 0 radical (unpaired) electrons. The molecule has 1 aliphatic rings. The molecule has 3 rings (SSSR count). The molecule has 18 heavy (non-hydrogen) atoms. The zero-order valence-corrected chi connectivity index (χ0v) is 10.4. The van der Waals surface area contributed by atoms with Crippen molar-refractivity contribution >= 4 is 0 Å². The van der Waals surface area contributed by atoms with E-state index in [2.05, 4.69) is 20.4 Å². The molecule has 0 saturated carbocycles. The van der Waals surface area contributed by atoms with Crippen LogP contribution in [0, 0.1) is 6.92 Å². The van der Waals surface area contributed by atoms with Crippen LogP contribution in [0.2, 0.25) is 0 Å². The Morgan fingerprint density at radius 1 is 1.39 bits per heavy atom. The van der Waals surface area contributed by atoms with Gasteiger partial charge in [0.1, 0.15) is 0 Å². The van der Waals surface area contributed by atoms with Crippen LogP contribution in [-0.2, 0) is 0 Å². The Morgan fingerprint density at radius 3 is 3.11 bits per heavy atom. The van der Waals surface area contributed by atoms with Gasteiger partial charge in [0.25, 0.3) is 0 Å². The summed E-state index contributed by atoms with van der Waals surface area (Å²) in [6, 6.07) is 2.15. The molecule has 0 unspecified atom stereocenters. The highest BCUT2D eigenvalue weighted by Gasteiger charge is 2.21. The van der Waals surface area contributed by atoms with E-state index in [0.717, 1.165) is 24.1 Å². The third-order valence-electron chi connectivity index (χ3n) is 3.33. The maximum Gasteiger partial charge on any atom is 0.244 e. The first-order valence-electron chi connectivity index (χ1n) is 6.32. The van der Waals surface area contributed by atoms with E-state index in [1.807, 2.05) is 13.0 Å². The first kappa shape index (κ1) is 11.3. The van der Waals surface area contributed by atoms with E-state index in [0.29, 0.717) is 11.7 Å². The third-order valence-corrected chi connectivity index (χ3v) is 3.33. The average molecular weight is 244 g/mol. The van der Waals surface area contributed by atoms with E-state index in [-0.39, 0.29) is 6.04 Å². The van der Waals surface area contributed by atoms with Crippen LogP contribution in [-0.4, -0.2) is 21.7 Å². The van der Waals surface area contributed by atoms with E-state index < -0.39 is 0 Å². The molecule has 2 aromatic heterocycles. The Kier molecular flexibility index (Phi) is 3.06. The largest absolute Gasteiger partial charge is 0.337 e. The van der Waals surface area contributed by atoms with Gasteiger partial charge >= 0.3 is 0 Å². The summed E-state index contributed by atoms with van der Waals surface area (Å²) in [4.78, 5) is 8.59. The molecule has 5 nitrogen and oxygen atoms in total. The van der Waals surface area contributed by atoms with Gasteiger partial charge in [-0.25, -0.2) is 0 Å². The van der Waals surface area contributed by atoms with Crippen LogP contribution in [0.15, 0.2) is 23.0 Å². The maximum absolute atomic E-state index is 5.36. The van der Waals surface area contributed by atoms with Crippen molar-refractivity contribution in [3.05, 3.63) is 29.9 Å². The molecule has 3 heterocycles. The number of nitrogens with one attached hydrogen (secondary N) is 1. The van der Waals surface area contributed by atoms with Gasteiger partial charge in [-0.05, 0) is 37.9 Å². The van der Waals surface area contributed by atoms with Crippen molar-refractivity contribution < 1.29 is 4.52 Å². The van der Waals surface area contributed by atoms with Crippen LogP contribution in [0.3, 0.4) is 0 Å². The minimum Gasteiger partial charge on any atom is -0.337 e. The zero-order chi connectivity index (χ0) is 12.4. The van der Waals surface area contributed by atoms with Crippen molar-refractivity contribution in [2.45, 2.75) is 32.2 Å². The molecular weight excluding hydrogens is 228 g/mol. The number of hydrogen-bond acceptors (Lipinski definition) is 5. The second-order valence-corrected chi connectivity index (χ2v) is 4.65. The first-order chi connectivity index (χ1) is 8.84. The smallest absolute Gasteiger partial charge is 0.244 e. The average Bonchev–Trinajstić information content (AvgIpc) is 2.90. The van der Waals surface area contributed by atoms with E-state index in [1.165, 1.54) is 12.8 Å². The van der Waals surface area contributed by atoms with Crippen LogP contribution < -0.4 is 5.32 Å². The van der Waals surface area contributed by atoms with E-state index in [1.54, 1.807) is 12.4 Å². The van der Waals surface area contributed by atoms with Gasteiger partial charge < -0.3 is 9.84 Å². The van der Waals surface area contributed by atoms with Gasteiger partial charge in [-0.3, -0.25) is 4.98 Å². The Hall–Kier alpha value is -1.75. The molecule has 5 heteroatoms. The Balaban J connectivity index is 1.87. The van der Waals surface area contributed by atoms with Gasteiger partial charge in [0.15, 0.2) is 0 Å². The number of aryl methyl sites for hydroxylation is 1. The van der Waals surface area contributed by atoms with Crippen LogP contribution >= 0.6 is 0 Å². The summed E-state index contributed by atoms with van der Waals surface area (Å²) in [6.45, 7) is 3.04. The normalized spacial score (nSPS) is 19.9. The number of rotatable bonds is 2. The monoisotopic (exact) mass is 244 g/mol. The minimum atomic E-state index is 0.206. The highest BCUT2D eigenvalue weighted by Crippen LogP contribution is 2.25. The highest BCUT2D eigenvalue weighted by molar-refractivity contribution is 5.57. The molecule has 94 valence electrons. The molecule has 0 bridgehead atoms. The summed E-state index contributed by atoms with van der Waals surface area (Å²) in [5, 5.41) is 7.46. The SMILES string of the molecule is Cc1ccncc1-c1noc([C@H]2CCCCN2)n1. The second kappa shape index (κ2) is 4.86. The number of aromatic nitrogens is 3. The van der Waals surface area contributed by atoms with Crippen molar-refractivity contribution in [1.29, 1.82) is 0 Å². The van der Waals surface area contributed by atoms with E-state index >= 15 is 0 Å². The lowest BCUT2D eigenvalue weighted by atomic mass is 10.1. The lowest BCUT2D eigenvalue weighted by Gasteiger charge is -2.19. The predicted molar refractivity (Wildman–Crippen MR) is 66.9 cm³/mol. The highest BCUT2D eigenvalue weighted by atomic mass is 16.5. The molecule has 1 atom stereocenters. The van der Waals surface area contributed by atoms with Gasteiger partial charge in [-0.1, -0.05) is 11.6 Å². The summed E-state index contributed by atoms with van der Waals surface area (Å²) >= 11 is 0. The molecule has 1 saturated heterocycles. The van der Waals surface area contributed by atoms with Gasteiger partial charge in [-0.15, -0.1) is 0 Å². The molecule has 1 N–H and O–H groups in total. The molecule has 1 fully saturated rings. The summed E-state index contributed by atoms with van der Waals surface area (Å²) in [5.74, 6) is 1.32. The van der Waals surface area contributed by atoms with E-state index in [9.17, 15) is 0 Å². The van der Waals surface area contributed by atoms with Gasteiger partial charge in [0.05, 0.1) is 6.04 Å². The standard InChI is InChI=1S/C13H16N4O/c1-9-5-7-14-8-10(9)12-16-13(18-17-12)11-4-2-3-6-15-11/h5,7-8,11,15H,2-4,6H2,1H3/t11-/m1/s1. The second-order valence-electron chi connectivity index (χ2n) is 4.65. The van der Waals surface area contributed by atoms with Gasteiger partial charge in [-0.2, -0.15) is 4.98 Å². The summed E-state index contributed by atoms with van der Waals surface area (Å²) in [6.07, 6.45) is 7.04. The topological polar surface area (TPSA) is 63.8 Å². The Labute approximate surface area is 106 Å². The molecule has 0 amide bonds. The van der Waals surface area contributed by atoms with Crippen LogP contribution in [0.5, 0.6) is 0 Å². The number of piperidine rings is 1. The molecule has 0 aliphatic carbocycles. The fourth-order valence-electron chi connectivity index (χ4n) is 2.25. The summed E-state index contributed by atoms with van der Waals surface area (Å²) in [5.41, 5.74) is 2.04. The Bertz CT molecular complexity index is 531. The maximum atomic E-state index is 5.36. The fraction of sp³-hybridized carbons (Fsp3) is 0.462. The summed E-state index contributed by atoms with van der Waals surface area (Å²) < 4.78 is 5.36. The van der Waals surface area contributed by atoms with E-state index in [4.69, 9.17) is 4.52 Å².